The van der Waals surface area contributed by atoms with Crippen molar-refractivity contribution in [3.05, 3.63) is 64.7 Å². The van der Waals surface area contributed by atoms with Gasteiger partial charge < -0.3 is 10.2 Å². The molecule has 0 unspecified atom stereocenters. The smallest absolute Gasteiger partial charge is 0.244 e. The van der Waals surface area contributed by atoms with Crippen molar-refractivity contribution in [2.45, 2.75) is 60.5 Å². The van der Waals surface area contributed by atoms with Crippen LogP contribution in [0, 0.1) is 26.7 Å². The highest BCUT2D eigenvalue weighted by Crippen LogP contribution is 2.23. The maximum atomic E-state index is 13.7. The van der Waals surface area contributed by atoms with Crippen LogP contribution in [0.3, 0.4) is 0 Å². The van der Waals surface area contributed by atoms with E-state index in [-0.39, 0.29) is 24.9 Å². The van der Waals surface area contributed by atoms with Crippen molar-refractivity contribution in [2.24, 2.45) is 5.92 Å². The number of rotatable bonds is 11. The average Bonchev–Trinajstić information content (AvgIpc) is 2.75. The summed E-state index contributed by atoms with van der Waals surface area (Å²) >= 11 is 0. The molecular formula is C27H39N3O4S. The highest BCUT2D eigenvalue weighted by Gasteiger charge is 2.32. The van der Waals surface area contributed by atoms with Gasteiger partial charge in [-0.1, -0.05) is 51.1 Å². The van der Waals surface area contributed by atoms with Gasteiger partial charge in [-0.2, -0.15) is 0 Å². The summed E-state index contributed by atoms with van der Waals surface area (Å²) in [5.74, 6) is -0.396. The predicted molar refractivity (Wildman–Crippen MR) is 142 cm³/mol. The second kappa shape index (κ2) is 12.2. The fraction of sp³-hybridized carbons (Fsp3) is 0.481. The van der Waals surface area contributed by atoms with Crippen LogP contribution in [0.15, 0.2) is 42.5 Å². The summed E-state index contributed by atoms with van der Waals surface area (Å²) < 4.78 is 26.6. The Morgan fingerprint density at radius 1 is 1.00 bits per heavy atom. The fourth-order valence-electron chi connectivity index (χ4n) is 4.02. The van der Waals surface area contributed by atoms with E-state index in [1.165, 1.54) is 4.90 Å². The molecule has 35 heavy (non-hydrogen) atoms. The van der Waals surface area contributed by atoms with Gasteiger partial charge in [0, 0.05) is 13.1 Å². The van der Waals surface area contributed by atoms with Crippen molar-refractivity contribution in [1.82, 2.24) is 10.2 Å². The molecule has 1 N–H and O–H groups in total. The zero-order valence-electron chi connectivity index (χ0n) is 22.0. The molecule has 0 fully saturated rings. The van der Waals surface area contributed by atoms with Gasteiger partial charge in [0.1, 0.15) is 12.6 Å². The van der Waals surface area contributed by atoms with E-state index in [1.807, 2.05) is 71.9 Å². The van der Waals surface area contributed by atoms with Crippen LogP contribution < -0.4 is 9.62 Å². The number of nitrogens with zero attached hydrogens (tertiary/aromatic N) is 2. The summed E-state index contributed by atoms with van der Waals surface area (Å²) in [6.07, 6.45) is 1.50. The van der Waals surface area contributed by atoms with E-state index in [4.69, 9.17) is 0 Å². The number of carbonyl (C=O) groups is 2. The van der Waals surface area contributed by atoms with Crippen molar-refractivity contribution in [3.8, 4) is 0 Å². The Hall–Kier alpha value is -2.87. The van der Waals surface area contributed by atoms with Crippen LogP contribution in [0.4, 0.5) is 5.69 Å². The average molecular weight is 502 g/mol. The lowest BCUT2D eigenvalue weighted by atomic mass is 10.1. The lowest BCUT2D eigenvalue weighted by Gasteiger charge is -2.33. The summed E-state index contributed by atoms with van der Waals surface area (Å²) in [5, 5.41) is 2.93. The molecule has 192 valence electrons. The van der Waals surface area contributed by atoms with E-state index in [1.54, 1.807) is 12.1 Å². The second-order valence-electron chi connectivity index (χ2n) is 9.63. The number of aryl methyl sites for hydroxylation is 3. The van der Waals surface area contributed by atoms with Gasteiger partial charge in [-0.05, 0) is 67.5 Å². The molecule has 1 atom stereocenters. The van der Waals surface area contributed by atoms with E-state index in [2.05, 4.69) is 5.32 Å². The van der Waals surface area contributed by atoms with Crippen LogP contribution in [-0.2, 0) is 26.2 Å². The molecule has 0 aliphatic rings. The molecular weight excluding hydrogens is 462 g/mol. The number of hydrogen-bond donors (Lipinski definition) is 1. The summed E-state index contributed by atoms with van der Waals surface area (Å²) in [6.45, 7) is 11.9. The summed E-state index contributed by atoms with van der Waals surface area (Å²) in [7, 11) is -3.75. The van der Waals surface area contributed by atoms with Crippen LogP contribution in [0.25, 0.3) is 0 Å². The molecule has 7 nitrogen and oxygen atoms in total. The number of carbonyl (C=O) groups excluding carboxylic acids is 2. The Kier molecular flexibility index (Phi) is 9.89. The Morgan fingerprint density at radius 2 is 1.60 bits per heavy atom. The molecule has 2 rings (SSSR count). The number of anilines is 1. The molecule has 0 heterocycles. The largest absolute Gasteiger partial charge is 0.354 e. The first-order valence-corrected chi connectivity index (χ1v) is 13.9. The van der Waals surface area contributed by atoms with Gasteiger partial charge >= 0.3 is 0 Å². The third-order valence-corrected chi connectivity index (χ3v) is 6.99. The molecule has 8 heteroatoms. The molecule has 0 aliphatic carbocycles. The van der Waals surface area contributed by atoms with Gasteiger partial charge in [-0.15, -0.1) is 0 Å². The van der Waals surface area contributed by atoms with Crippen molar-refractivity contribution < 1.29 is 18.0 Å². The Labute approximate surface area is 210 Å². The van der Waals surface area contributed by atoms with E-state index >= 15 is 0 Å². The minimum absolute atomic E-state index is 0.212. The third kappa shape index (κ3) is 8.09. The SMILES string of the molecule is CC[C@H](C(=O)NCC(C)C)N(Cc1ccccc1C)C(=O)CN(c1cc(C)cc(C)c1)S(C)(=O)=O. The first-order chi connectivity index (χ1) is 16.3. The summed E-state index contributed by atoms with van der Waals surface area (Å²) in [4.78, 5) is 28.4. The maximum Gasteiger partial charge on any atom is 0.244 e. The van der Waals surface area contributed by atoms with Gasteiger partial charge in [0.15, 0.2) is 0 Å². The van der Waals surface area contributed by atoms with Crippen molar-refractivity contribution in [1.29, 1.82) is 0 Å². The molecule has 0 radical (unpaired) electrons. The van der Waals surface area contributed by atoms with Crippen LogP contribution in [0.2, 0.25) is 0 Å². The van der Waals surface area contributed by atoms with E-state index in [0.29, 0.717) is 18.7 Å². The van der Waals surface area contributed by atoms with Crippen LogP contribution in [0.1, 0.15) is 49.4 Å². The van der Waals surface area contributed by atoms with Gasteiger partial charge in [0.05, 0.1) is 11.9 Å². The van der Waals surface area contributed by atoms with Crippen molar-refractivity contribution >= 4 is 27.5 Å². The molecule has 0 saturated carbocycles. The van der Waals surface area contributed by atoms with Gasteiger partial charge in [0.25, 0.3) is 0 Å². The first kappa shape index (κ1) is 28.4. The number of hydrogen-bond acceptors (Lipinski definition) is 4. The van der Waals surface area contributed by atoms with Crippen LogP contribution in [0.5, 0.6) is 0 Å². The number of amides is 2. The zero-order valence-corrected chi connectivity index (χ0v) is 22.8. The predicted octanol–water partition coefficient (Wildman–Crippen LogP) is 3.96. The Bertz CT molecular complexity index is 1120. The van der Waals surface area contributed by atoms with Crippen LogP contribution >= 0.6 is 0 Å². The van der Waals surface area contributed by atoms with Crippen molar-refractivity contribution in [3.63, 3.8) is 0 Å². The van der Waals surface area contributed by atoms with Gasteiger partial charge in [-0.3, -0.25) is 13.9 Å². The molecule has 0 aliphatic heterocycles. The molecule has 2 amide bonds. The van der Waals surface area contributed by atoms with E-state index in [0.717, 1.165) is 32.8 Å². The molecule has 2 aromatic carbocycles. The minimum Gasteiger partial charge on any atom is -0.354 e. The number of benzene rings is 2. The lowest BCUT2D eigenvalue weighted by molar-refractivity contribution is -0.140. The van der Waals surface area contributed by atoms with Crippen LogP contribution in [-0.4, -0.2) is 50.5 Å². The standard InChI is InChI=1S/C27H39N3O4S/c1-8-25(27(32)28-16-19(2)3)29(17-23-12-10-9-11-22(23)6)26(31)18-30(35(7,33)34)24-14-20(4)13-21(5)15-24/h9-15,19,25H,8,16-18H2,1-7H3,(H,28,32)/t25-/m1/s1. The molecule has 0 spiro atoms. The topological polar surface area (TPSA) is 86.8 Å². The fourth-order valence-corrected chi connectivity index (χ4v) is 4.85. The number of nitrogens with one attached hydrogen (secondary N) is 1. The van der Waals surface area contributed by atoms with E-state index < -0.39 is 22.0 Å². The van der Waals surface area contributed by atoms with Crippen molar-refractivity contribution in [2.75, 3.05) is 23.7 Å². The first-order valence-electron chi connectivity index (χ1n) is 12.0. The quantitative estimate of drug-likeness (QED) is 0.505. The Balaban J connectivity index is 2.47. The van der Waals surface area contributed by atoms with Gasteiger partial charge in [0.2, 0.25) is 21.8 Å². The maximum absolute atomic E-state index is 13.7. The number of sulfonamides is 1. The molecule has 0 saturated heterocycles. The normalized spacial score (nSPS) is 12.3. The summed E-state index contributed by atoms with van der Waals surface area (Å²) in [6, 6.07) is 12.4. The highest BCUT2D eigenvalue weighted by atomic mass is 32.2. The highest BCUT2D eigenvalue weighted by molar-refractivity contribution is 7.92. The minimum atomic E-state index is -3.75. The van der Waals surface area contributed by atoms with Gasteiger partial charge in [-0.25, -0.2) is 8.42 Å². The molecule has 2 aromatic rings. The third-order valence-electron chi connectivity index (χ3n) is 5.85. The lowest BCUT2D eigenvalue weighted by Crippen LogP contribution is -2.52. The molecule has 0 aromatic heterocycles. The monoisotopic (exact) mass is 501 g/mol. The van der Waals surface area contributed by atoms with E-state index in [9.17, 15) is 18.0 Å². The Morgan fingerprint density at radius 3 is 2.11 bits per heavy atom. The second-order valence-corrected chi connectivity index (χ2v) is 11.5. The zero-order chi connectivity index (χ0) is 26.3. The summed E-state index contributed by atoms with van der Waals surface area (Å²) in [5.41, 5.74) is 4.14. The molecule has 0 bridgehead atoms.